The Labute approximate surface area is 129 Å². The number of nitrogens with zero attached hydrogens (tertiary/aromatic N) is 2. The van der Waals surface area contributed by atoms with E-state index in [4.69, 9.17) is 5.73 Å². The fourth-order valence-electron chi connectivity index (χ4n) is 3.04. The first kappa shape index (κ1) is 14.5. The highest BCUT2D eigenvalue weighted by atomic mass is 16.1. The summed E-state index contributed by atoms with van der Waals surface area (Å²) in [6, 6.07) is 11.2. The van der Waals surface area contributed by atoms with Crippen LogP contribution in [0.3, 0.4) is 0 Å². The molecule has 0 unspecified atom stereocenters. The highest BCUT2D eigenvalue weighted by Crippen LogP contribution is 2.23. The topological polar surface area (TPSA) is 68.3 Å². The number of nitrogens with two attached hydrogens (primary N) is 1. The smallest absolute Gasteiger partial charge is 0.235 e. The molecule has 22 heavy (non-hydrogen) atoms. The minimum atomic E-state index is -0.431. The van der Waals surface area contributed by atoms with E-state index in [0.29, 0.717) is 18.7 Å². The van der Waals surface area contributed by atoms with E-state index < -0.39 is 6.04 Å². The molecule has 2 aromatic rings. The fourth-order valence-corrected chi connectivity index (χ4v) is 3.04. The number of hydrogen-bond donors (Lipinski definition) is 1. The minimum Gasteiger partial charge on any atom is -0.368 e. The Kier molecular flexibility index (Phi) is 3.81. The number of carbonyl (C=O) groups is 2. The van der Waals surface area contributed by atoms with Gasteiger partial charge in [0.15, 0.2) is 5.78 Å². The summed E-state index contributed by atoms with van der Waals surface area (Å²) in [5, 5.41) is 0. The lowest BCUT2D eigenvalue weighted by Crippen LogP contribution is -2.50. The number of primary amides is 1. The molecule has 2 heterocycles. The Bertz CT molecular complexity index is 720. The summed E-state index contributed by atoms with van der Waals surface area (Å²) < 4.78 is 1.79. The Morgan fingerprint density at radius 2 is 1.91 bits per heavy atom. The molecule has 1 atom stereocenters. The first-order valence-electron chi connectivity index (χ1n) is 7.31. The van der Waals surface area contributed by atoms with E-state index in [1.54, 1.807) is 10.6 Å². The van der Waals surface area contributed by atoms with Crippen LogP contribution in [0.1, 0.15) is 21.6 Å². The molecule has 0 saturated carbocycles. The maximum Gasteiger partial charge on any atom is 0.235 e. The Morgan fingerprint density at radius 1 is 1.18 bits per heavy atom. The molecule has 1 aromatic heterocycles. The lowest BCUT2D eigenvalue weighted by Gasteiger charge is -2.34. The van der Waals surface area contributed by atoms with Crippen molar-refractivity contribution in [2.24, 2.45) is 12.8 Å². The van der Waals surface area contributed by atoms with Crippen molar-refractivity contribution < 1.29 is 9.59 Å². The van der Waals surface area contributed by atoms with Crippen LogP contribution in [-0.4, -0.2) is 33.7 Å². The second-order valence-electron chi connectivity index (χ2n) is 5.72. The molecule has 0 bridgehead atoms. The fraction of sp³-hybridized carbons (Fsp3) is 0.294. The number of aryl methyl sites for hydroxylation is 1. The summed E-state index contributed by atoms with van der Waals surface area (Å²) in [6.07, 6.45) is 2.40. The highest BCUT2D eigenvalue weighted by molar-refractivity contribution is 5.96. The van der Waals surface area contributed by atoms with Crippen LogP contribution in [0.4, 0.5) is 0 Å². The van der Waals surface area contributed by atoms with E-state index in [1.807, 2.05) is 48.5 Å². The summed E-state index contributed by atoms with van der Waals surface area (Å²) in [7, 11) is 1.84. The molecule has 0 radical (unpaired) electrons. The molecular formula is C17H19N3O2. The third kappa shape index (κ3) is 2.67. The van der Waals surface area contributed by atoms with E-state index in [9.17, 15) is 9.59 Å². The van der Waals surface area contributed by atoms with E-state index >= 15 is 0 Å². The van der Waals surface area contributed by atoms with Gasteiger partial charge in [-0.15, -0.1) is 0 Å². The van der Waals surface area contributed by atoms with Crippen LogP contribution in [0.15, 0.2) is 42.6 Å². The molecule has 5 nitrogen and oxygen atoms in total. The number of ketones is 1. The van der Waals surface area contributed by atoms with Crippen LogP contribution < -0.4 is 5.73 Å². The minimum absolute atomic E-state index is 0.00173. The first-order valence-corrected chi connectivity index (χ1v) is 7.31. The molecule has 114 valence electrons. The van der Waals surface area contributed by atoms with Crippen LogP contribution in [0, 0.1) is 0 Å². The van der Waals surface area contributed by atoms with Gasteiger partial charge in [-0.05, 0) is 29.7 Å². The third-order valence-electron chi connectivity index (χ3n) is 4.25. The monoisotopic (exact) mass is 297 g/mol. The van der Waals surface area contributed by atoms with Crippen LogP contribution in [0.2, 0.25) is 0 Å². The molecule has 1 aromatic carbocycles. The van der Waals surface area contributed by atoms with E-state index in [2.05, 4.69) is 0 Å². The lowest BCUT2D eigenvalue weighted by molar-refractivity contribution is -0.123. The van der Waals surface area contributed by atoms with Gasteiger partial charge < -0.3 is 10.3 Å². The summed E-state index contributed by atoms with van der Waals surface area (Å²) in [6.45, 7) is 0.764. The van der Waals surface area contributed by atoms with Crippen molar-refractivity contribution >= 4 is 11.7 Å². The zero-order valence-corrected chi connectivity index (χ0v) is 12.5. The average molecular weight is 297 g/mol. The van der Waals surface area contributed by atoms with Crippen molar-refractivity contribution in [3.63, 3.8) is 0 Å². The third-order valence-corrected chi connectivity index (χ3v) is 4.25. The normalized spacial score (nSPS) is 18.0. The number of amides is 1. The molecule has 1 amide bonds. The molecule has 2 N–H and O–H groups in total. The summed E-state index contributed by atoms with van der Waals surface area (Å²) in [5.74, 6) is -0.382. The average Bonchev–Trinajstić information content (AvgIpc) is 2.92. The molecule has 0 saturated heterocycles. The summed E-state index contributed by atoms with van der Waals surface area (Å²) in [4.78, 5) is 26.1. The largest absolute Gasteiger partial charge is 0.368 e. The predicted molar refractivity (Wildman–Crippen MR) is 83.3 cm³/mol. The van der Waals surface area contributed by atoms with Gasteiger partial charge in [0.2, 0.25) is 5.91 Å². The molecule has 3 rings (SSSR count). The molecular weight excluding hydrogens is 278 g/mol. The number of hydrogen-bond acceptors (Lipinski definition) is 3. The van der Waals surface area contributed by atoms with Crippen LogP contribution in [-0.2, 0) is 24.8 Å². The number of Topliss-reactive ketones (excluding diaryl/α,β-unsaturated/α-hetero) is 1. The number of aromatic nitrogens is 1. The highest BCUT2D eigenvalue weighted by Gasteiger charge is 2.31. The van der Waals surface area contributed by atoms with Crippen molar-refractivity contribution in [1.29, 1.82) is 0 Å². The number of benzene rings is 1. The van der Waals surface area contributed by atoms with Gasteiger partial charge in [0, 0.05) is 19.8 Å². The quantitative estimate of drug-likeness (QED) is 0.860. The number of fused-ring (bicyclic) bond motifs is 1. The Hall–Kier alpha value is -2.40. The Balaban J connectivity index is 1.84. The molecule has 5 heteroatoms. The summed E-state index contributed by atoms with van der Waals surface area (Å²) in [5.41, 5.74) is 8.47. The van der Waals surface area contributed by atoms with Crippen LogP contribution >= 0.6 is 0 Å². The van der Waals surface area contributed by atoms with Crippen molar-refractivity contribution in [2.45, 2.75) is 19.0 Å². The van der Waals surface area contributed by atoms with Crippen molar-refractivity contribution in [2.75, 3.05) is 6.54 Å². The van der Waals surface area contributed by atoms with Crippen molar-refractivity contribution in [3.05, 3.63) is 59.4 Å². The SMILES string of the molecule is Cn1cccc1C(=O)CN1Cc2ccccc2C[C@@H]1C(N)=O. The molecule has 0 aliphatic carbocycles. The first-order chi connectivity index (χ1) is 10.6. The maximum absolute atomic E-state index is 12.5. The van der Waals surface area contributed by atoms with Gasteiger partial charge in [0.05, 0.1) is 18.3 Å². The molecule has 0 spiro atoms. The van der Waals surface area contributed by atoms with Gasteiger partial charge in [-0.2, -0.15) is 0 Å². The standard InChI is InChI=1S/C17H19N3O2/c1-19-8-4-7-14(19)16(21)11-20-10-13-6-3-2-5-12(13)9-15(20)17(18)22/h2-8,15H,9-11H2,1H3,(H2,18,22)/t15-/m1/s1. The van der Waals surface area contributed by atoms with Gasteiger partial charge in [-0.25, -0.2) is 0 Å². The lowest BCUT2D eigenvalue weighted by atomic mass is 9.93. The predicted octanol–water partition coefficient (Wildman–Crippen LogP) is 1.12. The molecule has 1 aliphatic heterocycles. The van der Waals surface area contributed by atoms with E-state index in [1.165, 1.54) is 0 Å². The Morgan fingerprint density at radius 3 is 2.55 bits per heavy atom. The van der Waals surface area contributed by atoms with Gasteiger partial charge in [-0.1, -0.05) is 24.3 Å². The number of carbonyl (C=O) groups excluding carboxylic acids is 2. The van der Waals surface area contributed by atoms with Gasteiger partial charge in [0.25, 0.3) is 0 Å². The van der Waals surface area contributed by atoms with Crippen molar-refractivity contribution in [1.82, 2.24) is 9.47 Å². The maximum atomic E-state index is 12.5. The van der Waals surface area contributed by atoms with Crippen molar-refractivity contribution in [3.8, 4) is 0 Å². The second-order valence-corrected chi connectivity index (χ2v) is 5.72. The van der Waals surface area contributed by atoms with Gasteiger partial charge in [0.1, 0.15) is 0 Å². The van der Waals surface area contributed by atoms with Gasteiger partial charge in [-0.3, -0.25) is 14.5 Å². The van der Waals surface area contributed by atoms with E-state index in [-0.39, 0.29) is 18.2 Å². The van der Waals surface area contributed by atoms with Crippen LogP contribution in [0.25, 0.3) is 0 Å². The van der Waals surface area contributed by atoms with E-state index in [0.717, 1.165) is 11.1 Å². The zero-order chi connectivity index (χ0) is 15.7. The number of rotatable bonds is 4. The second kappa shape index (κ2) is 5.77. The zero-order valence-electron chi connectivity index (χ0n) is 12.5. The molecule has 1 aliphatic rings. The molecule has 0 fully saturated rings. The van der Waals surface area contributed by atoms with Crippen LogP contribution in [0.5, 0.6) is 0 Å². The van der Waals surface area contributed by atoms with Gasteiger partial charge >= 0.3 is 0 Å². The summed E-state index contributed by atoms with van der Waals surface area (Å²) >= 11 is 0.